The number of hydrogen-bond donors (Lipinski definition) is 4. The predicted molar refractivity (Wildman–Crippen MR) is 87.1 cm³/mol. The molecule has 0 aliphatic heterocycles. The van der Waals surface area contributed by atoms with Gasteiger partial charge in [0.05, 0.1) is 6.20 Å². The molecule has 2 heterocycles. The molecule has 122 valence electrons. The van der Waals surface area contributed by atoms with Gasteiger partial charge in [0.15, 0.2) is 22.8 Å². The third kappa shape index (κ3) is 2.56. The molecule has 0 saturated heterocycles. The number of anilines is 4. The number of carbonyl (C=O) groups is 1. The number of nitrogens with zero attached hydrogens (tertiary/aromatic N) is 5. The summed E-state index contributed by atoms with van der Waals surface area (Å²) in [7, 11) is 1.68. The van der Waals surface area contributed by atoms with Crippen molar-refractivity contribution in [1.29, 1.82) is 0 Å². The Morgan fingerprint density at radius 3 is 2.62 bits per heavy atom. The first-order valence-corrected chi connectivity index (χ1v) is 6.72. The highest BCUT2D eigenvalue weighted by Crippen LogP contribution is 2.28. The van der Waals surface area contributed by atoms with Crippen LogP contribution in [0.15, 0.2) is 24.4 Å². The number of nitrogen functional groups attached to an aromatic ring is 2. The molecule has 0 amide bonds. The summed E-state index contributed by atoms with van der Waals surface area (Å²) in [6.45, 7) is 0. The van der Waals surface area contributed by atoms with Gasteiger partial charge in [-0.3, -0.25) is 0 Å². The second-order valence-electron chi connectivity index (χ2n) is 4.93. The SMILES string of the molecule is CN(c1ccc(C(=O)O)c(O)c1)c1cnc2nc(N)nc(N)c2n1. The van der Waals surface area contributed by atoms with Crippen molar-refractivity contribution in [2.75, 3.05) is 23.4 Å². The highest BCUT2D eigenvalue weighted by molar-refractivity contribution is 5.91. The predicted octanol–water partition coefficient (Wildman–Crippen LogP) is 0.756. The normalized spacial score (nSPS) is 10.7. The number of phenols is 1. The van der Waals surface area contributed by atoms with Crippen LogP contribution >= 0.6 is 0 Å². The minimum absolute atomic E-state index is 0.00425. The Morgan fingerprint density at radius 2 is 1.96 bits per heavy atom. The average molecular weight is 327 g/mol. The quantitative estimate of drug-likeness (QED) is 0.539. The van der Waals surface area contributed by atoms with Gasteiger partial charge in [0, 0.05) is 18.8 Å². The Labute approximate surface area is 135 Å². The van der Waals surface area contributed by atoms with Crippen LogP contribution in [0.3, 0.4) is 0 Å². The summed E-state index contributed by atoms with van der Waals surface area (Å²) in [4.78, 5) is 28.8. The van der Waals surface area contributed by atoms with Gasteiger partial charge in [-0.1, -0.05) is 0 Å². The van der Waals surface area contributed by atoms with E-state index in [1.165, 1.54) is 24.4 Å². The van der Waals surface area contributed by atoms with Crippen molar-refractivity contribution in [3.05, 3.63) is 30.0 Å². The minimum Gasteiger partial charge on any atom is -0.507 e. The zero-order valence-corrected chi connectivity index (χ0v) is 12.5. The lowest BCUT2D eigenvalue weighted by Gasteiger charge is -2.19. The van der Waals surface area contributed by atoms with Crippen LogP contribution in [-0.2, 0) is 0 Å². The molecule has 0 atom stereocenters. The zero-order chi connectivity index (χ0) is 17.4. The molecule has 0 unspecified atom stereocenters. The van der Waals surface area contributed by atoms with Gasteiger partial charge < -0.3 is 26.6 Å². The van der Waals surface area contributed by atoms with Crippen molar-refractivity contribution in [3.8, 4) is 5.75 Å². The van der Waals surface area contributed by atoms with Gasteiger partial charge in [-0.05, 0) is 12.1 Å². The standard InChI is InChI=1S/C14H13N7O3/c1-21(6-2-3-7(13(23)24)8(22)4-6)9-5-17-12-10(18-9)11(15)19-14(16)20-12/h2-5,22H,1H3,(H,23,24)(H4,15,16,17,19,20). The molecule has 0 fully saturated rings. The van der Waals surface area contributed by atoms with Crippen molar-refractivity contribution in [1.82, 2.24) is 19.9 Å². The number of carboxylic acid groups (broad SMARTS) is 1. The van der Waals surface area contributed by atoms with Crippen LogP contribution in [0.4, 0.5) is 23.3 Å². The summed E-state index contributed by atoms with van der Waals surface area (Å²) in [5.41, 5.74) is 12.2. The lowest BCUT2D eigenvalue weighted by molar-refractivity contribution is 0.0694. The lowest BCUT2D eigenvalue weighted by atomic mass is 10.1. The van der Waals surface area contributed by atoms with E-state index in [9.17, 15) is 9.90 Å². The number of nitrogens with two attached hydrogens (primary N) is 2. The molecule has 24 heavy (non-hydrogen) atoms. The van der Waals surface area contributed by atoms with Crippen molar-refractivity contribution >= 4 is 40.4 Å². The smallest absolute Gasteiger partial charge is 0.339 e. The molecule has 3 aromatic rings. The maximum Gasteiger partial charge on any atom is 0.339 e. The van der Waals surface area contributed by atoms with E-state index in [-0.39, 0.29) is 28.7 Å². The summed E-state index contributed by atoms with van der Waals surface area (Å²) >= 11 is 0. The molecule has 0 radical (unpaired) electrons. The minimum atomic E-state index is -1.21. The highest BCUT2D eigenvalue weighted by Gasteiger charge is 2.14. The number of aromatic carboxylic acids is 1. The molecule has 10 nitrogen and oxygen atoms in total. The fourth-order valence-electron chi connectivity index (χ4n) is 2.14. The monoisotopic (exact) mass is 327 g/mol. The molecular formula is C14H13N7O3. The van der Waals surface area contributed by atoms with Gasteiger partial charge in [-0.2, -0.15) is 9.97 Å². The first-order chi connectivity index (χ1) is 11.4. The van der Waals surface area contributed by atoms with E-state index in [0.717, 1.165) is 0 Å². The largest absolute Gasteiger partial charge is 0.507 e. The first-order valence-electron chi connectivity index (χ1n) is 6.72. The summed E-state index contributed by atoms with van der Waals surface area (Å²) in [5.74, 6) is -1.05. The number of hydrogen-bond acceptors (Lipinski definition) is 9. The molecule has 0 aliphatic rings. The van der Waals surface area contributed by atoms with Crippen LogP contribution < -0.4 is 16.4 Å². The molecule has 2 aromatic heterocycles. The molecule has 3 rings (SSSR count). The number of aromatic hydroxyl groups is 1. The Kier molecular flexibility index (Phi) is 3.49. The molecule has 10 heteroatoms. The van der Waals surface area contributed by atoms with Gasteiger partial charge in [0.1, 0.15) is 11.3 Å². The van der Waals surface area contributed by atoms with Crippen LogP contribution in [0.2, 0.25) is 0 Å². The summed E-state index contributed by atoms with van der Waals surface area (Å²) in [5, 5.41) is 18.8. The van der Waals surface area contributed by atoms with E-state index in [1.54, 1.807) is 11.9 Å². The Hall–Kier alpha value is -3.69. The van der Waals surface area contributed by atoms with Crippen molar-refractivity contribution in [2.24, 2.45) is 0 Å². The number of rotatable bonds is 3. The van der Waals surface area contributed by atoms with E-state index in [4.69, 9.17) is 16.6 Å². The van der Waals surface area contributed by atoms with Crippen LogP contribution in [0.1, 0.15) is 10.4 Å². The van der Waals surface area contributed by atoms with Gasteiger partial charge in [-0.25, -0.2) is 14.8 Å². The van der Waals surface area contributed by atoms with Gasteiger partial charge >= 0.3 is 5.97 Å². The number of benzene rings is 1. The van der Waals surface area contributed by atoms with E-state index in [2.05, 4.69) is 19.9 Å². The van der Waals surface area contributed by atoms with Crippen molar-refractivity contribution < 1.29 is 15.0 Å². The van der Waals surface area contributed by atoms with E-state index < -0.39 is 5.97 Å². The molecule has 0 spiro atoms. The molecule has 0 bridgehead atoms. The van der Waals surface area contributed by atoms with Crippen LogP contribution in [-0.4, -0.2) is 43.2 Å². The Bertz CT molecular complexity index is 960. The molecular weight excluding hydrogens is 314 g/mol. The third-order valence-corrected chi connectivity index (χ3v) is 3.38. The third-order valence-electron chi connectivity index (χ3n) is 3.38. The van der Waals surface area contributed by atoms with Gasteiger partial charge in [-0.15, -0.1) is 0 Å². The summed E-state index contributed by atoms with van der Waals surface area (Å²) in [6.07, 6.45) is 1.45. The zero-order valence-electron chi connectivity index (χ0n) is 12.5. The van der Waals surface area contributed by atoms with Gasteiger partial charge in [0.25, 0.3) is 0 Å². The van der Waals surface area contributed by atoms with E-state index >= 15 is 0 Å². The van der Waals surface area contributed by atoms with Crippen molar-refractivity contribution in [3.63, 3.8) is 0 Å². The molecule has 6 N–H and O–H groups in total. The maximum atomic E-state index is 11.0. The van der Waals surface area contributed by atoms with Crippen LogP contribution in [0.5, 0.6) is 5.75 Å². The second-order valence-corrected chi connectivity index (χ2v) is 4.93. The highest BCUT2D eigenvalue weighted by atomic mass is 16.4. The van der Waals surface area contributed by atoms with Crippen LogP contribution in [0.25, 0.3) is 11.2 Å². The molecule has 1 aromatic carbocycles. The topological polar surface area (TPSA) is 164 Å². The Morgan fingerprint density at radius 1 is 1.21 bits per heavy atom. The van der Waals surface area contributed by atoms with E-state index in [1.807, 2.05) is 0 Å². The fourth-order valence-corrected chi connectivity index (χ4v) is 2.14. The van der Waals surface area contributed by atoms with E-state index in [0.29, 0.717) is 17.0 Å². The number of aromatic nitrogens is 4. The number of carboxylic acids is 1. The van der Waals surface area contributed by atoms with Crippen molar-refractivity contribution in [2.45, 2.75) is 0 Å². The fraction of sp³-hybridized carbons (Fsp3) is 0.0714. The maximum absolute atomic E-state index is 11.0. The molecule has 0 aliphatic carbocycles. The summed E-state index contributed by atoms with van der Waals surface area (Å²) in [6, 6.07) is 4.16. The average Bonchev–Trinajstić information content (AvgIpc) is 2.53. The first kappa shape index (κ1) is 15.2. The summed E-state index contributed by atoms with van der Waals surface area (Å²) < 4.78 is 0. The van der Waals surface area contributed by atoms with Crippen LogP contribution in [0, 0.1) is 0 Å². The number of fused-ring (bicyclic) bond motifs is 1. The molecule has 0 saturated carbocycles. The lowest BCUT2D eigenvalue weighted by Crippen LogP contribution is -2.13. The van der Waals surface area contributed by atoms with Gasteiger partial charge in [0.2, 0.25) is 5.95 Å². The second kappa shape index (κ2) is 5.50. The Balaban J connectivity index is 2.04.